The lowest BCUT2D eigenvalue weighted by molar-refractivity contribution is 0.104. The maximum absolute atomic E-state index is 13.6. The maximum atomic E-state index is 13.6. The molecule has 0 aliphatic heterocycles. The molecule has 122 valence electrons. The van der Waals surface area contributed by atoms with E-state index in [0.29, 0.717) is 5.56 Å². The summed E-state index contributed by atoms with van der Waals surface area (Å²) in [5, 5.41) is 1.17. The Labute approximate surface area is 143 Å². The molecule has 1 aliphatic carbocycles. The number of benzene rings is 2. The highest BCUT2D eigenvalue weighted by molar-refractivity contribution is 6.83. The highest BCUT2D eigenvalue weighted by Crippen LogP contribution is 2.35. The van der Waals surface area contributed by atoms with E-state index in [9.17, 15) is 9.18 Å². The molecule has 0 N–H and O–H groups in total. The number of hydrogen-bond acceptors (Lipinski definition) is 1. The molecule has 0 fully saturated rings. The van der Waals surface area contributed by atoms with E-state index in [1.54, 1.807) is 12.1 Å². The normalized spacial score (nSPS) is 21.2. The number of carbonyl (C=O) groups is 1. The number of halogens is 1. The molecule has 0 bridgehead atoms. The number of ketones is 1. The Morgan fingerprint density at radius 3 is 2.38 bits per heavy atom. The summed E-state index contributed by atoms with van der Waals surface area (Å²) >= 11 is 0. The van der Waals surface area contributed by atoms with Gasteiger partial charge in [-0.2, -0.15) is 0 Å². The van der Waals surface area contributed by atoms with Crippen LogP contribution < -0.4 is 0 Å². The molecule has 0 spiro atoms. The second-order valence-electron chi connectivity index (χ2n) is 7.19. The average Bonchev–Trinajstić information content (AvgIpc) is 2.53. The van der Waals surface area contributed by atoms with Gasteiger partial charge in [-0.05, 0) is 29.3 Å². The predicted molar refractivity (Wildman–Crippen MR) is 100 cm³/mol. The Hall–Kier alpha value is -2.26. The van der Waals surface area contributed by atoms with Crippen molar-refractivity contribution in [1.82, 2.24) is 0 Å². The Kier molecular flexibility index (Phi) is 4.37. The van der Waals surface area contributed by atoms with E-state index >= 15 is 0 Å². The zero-order valence-corrected chi connectivity index (χ0v) is 15.2. The largest absolute Gasteiger partial charge is 0.289 e. The Bertz CT molecular complexity index is 829. The van der Waals surface area contributed by atoms with E-state index in [2.05, 4.69) is 37.8 Å². The summed E-state index contributed by atoms with van der Waals surface area (Å²) in [7, 11) is -1.74. The Morgan fingerprint density at radius 1 is 1.00 bits per heavy atom. The van der Waals surface area contributed by atoms with Crippen LogP contribution in [0.5, 0.6) is 0 Å². The molecule has 1 atom stereocenters. The van der Waals surface area contributed by atoms with E-state index in [1.807, 2.05) is 24.3 Å². The van der Waals surface area contributed by atoms with E-state index in [4.69, 9.17) is 0 Å². The molecule has 0 amide bonds. The zero-order chi connectivity index (χ0) is 17.3. The van der Waals surface area contributed by atoms with Crippen LogP contribution in [0.25, 0.3) is 6.08 Å². The van der Waals surface area contributed by atoms with Gasteiger partial charge in [0, 0.05) is 11.5 Å². The van der Waals surface area contributed by atoms with Crippen molar-refractivity contribution in [3.63, 3.8) is 0 Å². The fourth-order valence-corrected chi connectivity index (χ4v) is 4.89. The van der Waals surface area contributed by atoms with Crippen molar-refractivity contribution >= 4 is 19.9 Å². The fraction of sp³-hybridized carbons (Fsp3) is 0.190. The summed E-state index contributed by atoms with van der Waals surface area (Å²) in [6.45, 7) is 6.72. The molecule has 3 rings (SSSR count). The number of carbonyl (C=O) groups excluding carboxylic acids is 1. The molecular weight excluding hydrogens is 315 g/mol. The van der Waals surface area contributed by atoms with Gasteiger partial charge < -0.3 is 0 Å². The van der Waals surface area contributed by atoms with Crippen LogP contribution in [0.4, 0.5) is 4.39 Å². The fourth-order valence-electron chi connectivity index (χ4n) is 3.13. The minimum absolute atomic E-state index is 0.0834. The third kappa shape index (κ3) is 3.31. The third-order valence-corrected chi connectivity index (χ3v) is 6.58. The van der Waals surface area contributed by atoms with Crippen LogP contribution in [-0.2, 0) is 0 Å². The maximum Gasteiger partial charge on any atom is 0.186 e. The van der Waals surface area contributed by atoms with Gasteiger partial charge >= 0.3 is 0 Å². The summed E-state index contributed by atoms with van der Waals surface area (Å²) in [5.41, 5.74) is 2.39. The second-order valence-corrected chi connectivity index (χ2v) is 12.3. The van der Waals surface area contributed by atoms with Crippen LogP contribution in [0.2, 0.25) is 19.6 Å². The lowest BCUT2D eigenvalue weighted by atomic mass is 9.92. The topological polar surface area (TPSA) is 17.1 Å². The van der Waals surface area contributed by atoms with Crippen molar-refractivity contribution in [3.8, 4) is 0 Å². The predicted octanol–water partition coefficient (Wildman–Crippen LogP) is 5.62. The molecule has 3 heteroatoms. The van der Waals surface area contributed by atoms with E-state index in [-0.39, 0.29) is 17.5 Å². The minimum atomic E-state index is -1.74. The van der Waals surface area contributed by atoms with Crippen molar-refractivity contribution in [2.45, 2.75) is 25.6 Å². The van der Waals surface area contributed by atoms with E-state index in [1.165, 1.54) is 22.9 Å². The zero-order valence-electron chi connectivity index (χ0n) is 14.2. The summed E-state index contributed by atoms with van der Waals surface area (Å²) < 4.78 is 13.6. The Balaban J connectivity index is 2.21. The van der Waals surface area contributed by atoms with Gasteiger partial charge in [0.2, 0.25) is 0 Å². The van der Waals surface area contributed by atoms with E-state index < -0.39 is 8.07 Å². The second kappa shape index (κ2) is 6.33. The summed E-state index contributed by atoms with van der Waals surface area (Å²) in [4.78, 5) is 12.8. The van der Waals surface area contributed by atoms with Gasteiger partial charge in [-0.1, -0.05) is 73.4 Å². The van der Waals surface area contributed by atoms with Crippen LogP contribution in [-0.4, -0.2) is 13.9 Å². The summed E-state index contributed by atoms with van der Waals surface area (Å²) in [6, 6.07) is 14.7. The lowest BCUT2D eigenvalue weighted by Gasteiger charge is -2.29. The molecule has 0 radical (unpaired) electrons. The third-order valence-electron chi connectivity index (χ3n) is 4.40. The lowest BCUT2D eigenvalue weighted by Crippen LogP contribution is -2.29. The number of hydrogen-bond donors (Lipinski definition) is 0. The van der Waals surface area contributed by atoms with Crippen molar-refractivity contribution in [2.75, 3.05) is 0 Å². The highest BCUT2D eigenvalue weighted by atomic mass is 28.3. The van der Waals surface area contributed by atoms with Crippen molar-refractivity contribution in [2.24, 2.45) is 0 Å². The molecule has 0 saturated carbocycles. The first kappa shape index (κ1) is 16.6. The standard InChI is InChI=1S/C21H21FOSi/c1-24(2,3)21-14-20(23)19-13-17(22)11-9-16(19)10-12-18(21)15-7-5-4-6-8-15/h4-14,18H,1-3H3/b12-10-,21-14+. The number of allylic oxidation sites excluding steroid dienone is 3. The first-order valence-electron chi connectivity index (χ1n) is 8.15. The van der Waals surface area contributed by atoms with Crippen LogP contribution in [0.1, 0.15) is 27.4 Å². The van der Waals surface area contributed by atoms with Gasteiger partial charge in [0.05, 0.1) is 8.07 Å². The monoisotopic (exact) mass is 336 g/mol. The van der Waals surface area contributed by atoms with Crippen LogP contribution in [0.3, 0.4) is 0 Å². The van der Waals surface area contributed by atoms with Gasteiger partial charge in [-0.15, -0.1) is 0 Å². The molecule has 1 aliphatic rings. The first-order chi connectivity index (χ1) is 11.4. The number of fused-ring (bicyclic) bond motifs is 1. The first-order valence-corrected chi connectivity index (χ1v) is 11.7. The molecule has 0 aromatic heterocycles. The minimum Gasteiger partial charge on any atom is -0.289 e. The molecule has 1 unspecified atom stereocenters. The highest BCUT2D eigenvalue weighted by Gasteiger charge is 2.29. The molecule has 0 heterocycles. The smallest absolute Gasteiger partial charge is 0.186 e. The average molecular weight is 336 g/mol. The van der Waals surface area contributed by atoms with Crippen molar-refractivity contribution in [3.05, 3.63) is 88.4 Å². The van der Waals surface area contributed by atoms with Crippen LogP contribution in [0.15, 0.2) is 65.9 Å². The van der Waals surface area contributed by atoms with E-state index in [0.717, 1.165) is 5.56 Å². The molecule has 2 aromatic rings. The molecular formula is C21H21FOSi. The quantitative estimate of drug-likeness (QED) is 0.650. The molecule has 1 nitrogen and oxygen atoms in total. The van der Waals surface area contributed by atoms with Crippen LogP contribution >= 0.6 is 0 Å². The number of rotatable bonds is 2. The summed E-state index contributed by atoms with van der Waals surface area (Å²) in [5.74, 6) is -0.397. The van der Waals surface area contributed by atoms with Gasteiger partial charge in [0.1, 0.15) is 5.82 Å². The van der Waals surface area contributed by atoms with Crippen LogP contribution in [0, 0.1) is 5.82 Å². The Morgan fingerprint density at radius 2 is 1.71 bits per heavy atom. The van der Waals surface area contributed by atoms with Crippen molar-refractivity contribution in [1.29, 1.82) is 0 Å². The molecule has 24 heavy (non-hydrogen) atoms. The molecule has 0 saturated heterocycles. The van der Waals surface area contributed by atoms with Gasteiger partial charge in [-0.25, -0.2) is 4.39 Å². The van der Waals surface area contributed by atoms with Crippen molar-refractivity contribution < 1.29 is 9.18 Å². The van der Waals surface area contributed by atoms with Gasteiger partial charge in [-0.3, -0.25) is 4.79 Å². The van der Waals surface area contributed by atoms with Gasteiger partial charge in [0.25, 0.3) is 0 Å². The SMILES string of the molecule is C[Si](C)(C)/C1=C/C(=O)c2cc(F)ccc2/C=C\C1c1ccccc1. The van der Waals surface area contributed by atoms with Gasteiger partial charge in [0.15, 0.2) is 5.78 Å². The molecule has 2 aromatic carbocycles. The summed E-state index contributed by atoms with van der Waals surface area (Å²) in [6.07, 6.45) is 5.85.